The van der Waals surface area contributed by atoms with Crippen molar-refractivity contribution in [3.05, 3.63) is 42.5 Å². The van der Waals surface area contributed by atoms with Crippen LogP contribution in [0.1, 0.15) is 44.9 Å². The van der Waals surface area contributed by atoms with Crippen LogP contribution >= 0.6 is 0 Å². The molecule has 2 aliphatic rings. The Balaban J connectivity index is 0.00000261. The van der Waals surface area contributed by atoms with Gasteiger partial charge >= 0.3 is 29.6 Å². The number of hydrogen-bond acceptors (Lipinski definition) is 4. The summed E-state index contributed by atoms with van der Waals surface area (Å²) in [6.45, 7) is 0. The zero-order chi connectivity index (χ0) is 18.6. The minimum absolute atomic E-state index is 0. The van der Waals surface area contributed by atoms with Crippen molar-refractivity contribution in [1.29, 1.82) is 0 Å². The second-order valence-electron chi connectivity index (χ2n) is 7.43. The van der Waals surface area contributed by atoms with Gasteiger partial charge in [0.25, 0.3) is 0 Å². The number of nitrogens with one attached hydrogen (secondary N) is 1. The maximum Gasteiger partial charge on any atom is 1.00 e. The summed E-state index contributed by atoms with van der Waals surface area (Å²) < 4.78 is 28.4. The Morgan fingerprint density at radius 1 is 1.15 bits per heavy atom. The summed E-state index contributed by atoms with van der Waals surface area (Å²) in [6, 6.07) is 8.53. The predicted octanol–water partition coefficient (Wildman–Crippen LogP) is -0.750. The van der Waals surface area contributed by atoms with E-state index in [0.29, 0.717) is 29.1 Å². The van der Waals surface area contributed by atoms with Gasteiger partial charge in [0.15, 0.2) is 0 Å². The number of carbonyl (C=O) groups is 1. The van der Waals surface area contributed by atoms with E-state index in [9.17, 15) is 18.3 Å². The van der Waals surface area contributed by atoms with E-state index in [1.165, 1.54) is 6.42 Å². The average Bonchev–Trinajstić information content (AvgIpc) is 3.20. The van der Waals surface area contributed by atoms with E-state index >= 15 is 0 Å². The first-order chi connectivity index (χ1) is 12.5. The SMILES string of the molecule is O=C([O-])CCC/C=C/C[C@H]1[C@@H]2CC[C@@H](C2)[C@@H]1NS(=O)(=O)c1ccccc1.[Na+]. The third kappa shape index (κ3) is 5.91. The molecule has 0 spiro atoms. The quantitative estimate of drug-likeness (QED) is 0.336. The van der Waals surface area contributed by atoms with Gasteiger partial charge in [0.1, 0.15) is 0 Å². The minimum Gasteiger partial charge on any atom is -0.550 e. The van der Waals surface area contributed by atoms with Crippen molar-refractivity contribution in [3.8, 4) is 0 Å². The van der Waals surface area contributed by atoms with Crippen LogP contribution in [0.4, 0.5) is 0 Å². The summed E-state index contributed by atoms with van der Waals surface area (Å²) in [4.78, 5) is 10.7. The summed E-state index contributed by atoms with van der Waals surface area (Å²) in [5.74, 6) is 0.317. The van der Waals surface area contributed by atoms with E-state index in [1.54, 1.807) is 24.3 Å². The molecule has 0 radical (unpaired) electrons. The molecule has 0 aliphatic heterocycles. The van der Waals surface area contributed by atoms with Crippen LogP contribution in [-0.4, -0.2) is 20.4 Å². The van der Waals surface area contributed by atoms with Crippen molar-refractivity contribution < 1.29 is 47.9 Å². The Morgan fingerprint density at radius 2 is 1.85 bits per heavy atom. The molecule has 2 saturated carbocycles. The van der Waals surface area contributed by atoms with Gasteiger partial charge in [0, 0.05) is 12.0 Å². The van der Waals surface area contributed by atoms with E-state index in [2.05, 4.69) is 10.8 Å². The van der Waals surface area contributed by atoms with Gasteiger partial charge < -0.3 is 9.90 Å². The number of carboxylic acid groups (broad SMARTS) is 1. The first kappa shape index (κ1) is 22.6. The third-order valence-corrected chi connectivity index (χ3v) is 7.23. The Hall–Kier alpha value is -0.660. The molecule has 27 heavy (non-hydrogen) atoms. The van der Waals surface area contributed by atoms with E-state index < -0.39 is 16.0 Å². The zero-order valence-corrected chi connectivity index (χ0v) is 18.7. The molecule has 3 rings (SSSR count). The molecule has 0 amide bonds. The van der Waals surface area contributed by atoms with Crippen LogP contribution in [0.3, 0.4) is 0 Å². The summed E-state index contributed by atoms with van der Waals surface area (Å²) in [6.07, 6.45) is 9.70. The van der Waals surface area contributed by atoms with Crippen LogP contribution in [0.25, 0.3) is 0 Å². The van der Waals surface area contributed by atoms with E-state index in [0.717, 1.165) is 25.7 Å². The molecule has 2 fully saturated rings. The zero-order valence-electron chi connectivity index (χ0n) is 15.8. The van der Waals surface area contributed by atoms with E-state index in [-0.39, 0.29) is 42.0 Å². The Labute approximate surface area is 184 Å². The van der Waals surface area contributed by atoms with Crippen LogP contribution in [0.15, 0.2) is 47.4 Å². The van der Waals surface area contributed by atoms with Gasteiger partial charge in [0.05, 0.1) is 4.90 Å². The predicted molar refractivity (Wildman–Crippen MR) is 97.5 cm³/mol. The number of benzene rings is 1. The van der Waals surface area contributed by atoms with Gasteiger partial charge in [0.2, 0.25) is 10.0 Å². The molecule has 142 valence electrons. The van der Waals surface area contributed by atoms with E-state index in [4.69, 9.17) is 0 Å². The first-order valence-corrected chi connectivity index (χ1v) is 10.9. The van der Waals surface area contributed by atoms with Crippen LogP contribution in [-0.2, 0) is 14.8 Å². The summed E-state index contributed by atoms with van der Waals surface area (Å²) in [5.41, 5.74) is 0. The number of aliphatic carboxylic acids is 1. The number of rotatable bonds is 9. The molecule has 0 unspecified atom stereocenters. The van der Waals surface area contributed by atoms with E-state index in [1.807, 2.05) is 12.1 Å². The summed E-state index contributed by atoms with van der Waals surface area (Å²) in [5, 5.41) is 10.4. The van der Waals surface area contributed by atoms with Crippen molar-refractivity contribution in [2.24, 2.45) is 17.8 Å². The fraction of sp³-hybridized carbons (Fsp3) is 0.550. The molecular formula is C20H26NNaO4S. The third-order valence-electron chi connectivity index (χ3n) is 5.76. The summed E-state index contributed by atoms with van der Waals surface area (Å²) >= 11 is 0. The normalized spacial score (nSPS) is 27.0. The molecule has 4 atom stereocenters. The Morgan fingerprint density at radius 3 is 2.56 bits per heavy atom. The first-order valence-electron chi connectivity index (χ1n) is 9.39. The fourth-order valence-corrected chi connectivity index (χ4v) is 5.89. The van der Waals surface area contributed by atoms with Gasteiger partial charge in [-0.05, 0) is 74.8 Å². The van der Waals surface area contributed by atoms with Crippen molar-refractivity contribution >= 4 is 16.0 Å². The molecule has 2 aliphatic carbocycles. The number of hydrogen-bond donors (Lipinski definition) is 1. The molecule has 1 aromatic rings. The van der Waals surface area contributed by atoms with Gasteiger partial charge in [-0.3, -0.25) is 0 Å². The number of unbranched alkanes of at least 4 members (excludes halogenated alkanes) is 1. The average molecular weight is 399 g/mol. The molecule has 0 saturated heterocycles. The molecule has 0 aromatic heterocycles. The molecule has 1 N–H and O–H groups in total. The number of allylic oxidation sites excluding steroid dienone is 2. The monoisotopic (exact) mass is 399 g/mol. The Bertz CT molecular complexity index is 751. The number of fused-ring (bicyclic) bond motifs is 2. The topological polar surface area (TPSA) is 86.3 Å². The molecular weight excluding hydrogens is 373 g/mol. The Kier molecular flexibility index (Phi) is 8.56. The molecule has 5 nitrogen and oxygen atoms in total. The molecule has 7 heteroatoms. The van der Waals surface area contributed by atoms with Crippen molar-refractivity contribution in [2.75, 3.05) is 0 Å². The van der Waals surface area contributed by atoms with Crippen molar-refractivity contribution in [2.45, 2.75) is 55.9 Å². The molecule has 1 aromatic carbocycles. The van der Waals surface area contributed by atoms with Gasteiger partial charge in [-0.2, -0.15) is 0 Å². The largest absolute Gasteiger partial charge is 1.00 e. The van der Waals surface area contributed by atoms with Crippen molar-refractivity contribution in [1.82, 2.24) is 4.72 Å². The van der Waals surface area contributed by atoms with Gasteiger partial charge in [-0.25, -0.2) is 13.1 Å². The maximum atomic E-state index is 12.7. The molecule has 2 bridgehead atoms. The van der Waals surface area contributed by atoms with Crippen LogP contribution in [0.2, 0.25) is 0 Å². The second-order valence-corrected chi connectivity index (χ2v) is 9.14. The van der Waals surface area contributed by atoms with Crippen molar-refractivity contribution in [3.63, 3.8) is 0 Å². The standard InChI is InChI=1S/C20H27NO4S.Na/c22-19(23)11-7-2-1-6-10-18-15-12-13-16(14-15)20(18)21-26(24,25)17-8-4-3-5-9-17;/h1,3-6,8-9,15-16,18,20-21H,2,7,10-14H2,(H,22,23);/q;+1/p-1/b6-1+;/t15-,16+,18+,20+;/m1./s1. The minimum atomic E-state index is -3.49. The van der Waals surface area contributed by atoms with Gasteiger partial charge in [-0.15, -0.1) is 0 Å². The molecule has 0 heterocycles. The van der Waals surface area contributed by atoms with Gasteiger partial charge in [-0.1, -0.05) is 30.4 Å². The fourth-order valence-electron chi connectivity index (χ4n) is 4.52. The maximum absolute atomic E-state index is 12.7. The number of carbonyl (C=O) groups excluding carboxylic acids is 1. The second kappa shape index (κ2) is 10.2. The van der Waals surface area contributed by atoms with Crippen LogP contribution in [0.5, 0.6) is 0 Å². The van der Waals surface area contributed by atoms with Crippen LogP contribution < -0.4 is 39.4 Å². The van der Waals surface area contributed by atoms with Crippen LogP contribution in [0, 0.1) is 17.8 Å². The smallest absolute Gasteiger partial charge is 0.550 e. The summed E-state index contributed by atoms with van der Waals surface area (Å²) in [7, 11) is -3.49. The number of carboxylic acids is 1. The number of sulfonamides is 1.